The molecule has 0 radical (unpaired) electrons. The van der Waals surface area contributed by atoms with Crippen molar-refractivity contribution in [1.82, 2.24) is 0 Å². The topological polar surface area (TPSA) is 20.2 Å². The molecule has 0 aromatic heterocycles. The first-order valence-corrected chi connectivity index (χ1v) is 3.28. The molecule has 0 rings (SSSR count). The van der Waals surface area contributed by atoms with E-state index in [2.05, 4.69) is 0 Å². The minimum atomic E-state index is -0.277. The van der Waals surface area contributed by atoms with Gasteiger partial charge in [-0.25, -0.2) is 0 Å². The quantitative estimate of drug-likeness (QED) is 0.572. The van der Waals surface area contributed by atoms with Crippen LogP contribution in [0.5, 0.6) is 0 Å². The van der Waals surface area contributed by atoms with Crippen molar-refractivity contribution >= 4 is 0 Å². The number of hydrogen-bond acceptors (Lipinski definition) is 1. The van der Waals surface area contributed by atoms with Crippen molar-refractivity contribution < 1.29 is 5.11 Å². The molecule has 0 aliphatic rings. The summed E-state index contributed by atoms with van der Waals surface area (Å²) < 4.78 is 0. The molecule has 0 aliphatic carbocycles. The Kier molecular flexibility index (Phi) is 5.23. The Morgan fingerprint density at radius 1 is 1.44 bits per heavy atom. The van der Waals surface area contributed by atoms with Crippen molar-refractivity contribution in [3.63, 3.8) is 0 Å². The van der Waals surface area contributed by atoms with Gasteiger partial charge >= 0.3 is 0 Å². The van der Waals surface area contributed by atoms with Crippen molar-refractivity contribution in [2.45, 2.75) is 26.4 Å². The molecule has 1 nitrogen and oxygen atoms in total. The van der Waals surface area contributed by atoms with Gasteiger partial charge in [0.15, 0.2) is 0 Å². The van der Waals surface area contributed by atoms with Crippen molar-refractivity contribution in [3.8, 4) is 0 Å². The van der Waals surface area contributed by atoms with Gasteiger partial charge in [-0.3, -0.25) is 0 Å². The zero-order chi connectivity index (χ0) is 7.11. The van der Waals surface area contributed by atoms with Crippen molar-refractivity contribution in [2.75, 3.05) is 0 Å². The molecule has 0 saturated carbocycles. The zero-order valence-electron chi connectivity index (χ0n) is 6.04. The predicted molar refractivity (Wildman–Crippen MR) is 40.3 cm³/mol. The van der Waals surface area contributed by atoms with Crippen LogP contribution >= 0.6 is 0 Å². The summed E-state index contributed by atoms with van der Waals surface area (Å²) in [5.41, 5.74) is 0. The minimum absolute atomic E-state index is 0.277. The van der Waals surface area contributed by atoms with E-state index in [1.54, 1.807) is 6.08 Å². The van der Waals surface area contributed by atoms with E-state index in [1.165, 1.54) is 0 Å². The number of hydrogen-bond donors (Lipinski definition) is 1. The highest BCUT2D eigenvalue weighted by Crippen LogP contribution is 1.91. The lowest BCUT2D eigenvalue weighted by molar-refractivity contribution is 0.219. The summed E-state index contributed by atoms with van der Waals surface area (Å²) in [5.74, 6) is 0. The normalized spacial score (nSPS) is 15.4. The second kappa shape index (κ2) is 5.57. The van der Waals surface area contributed by atoms with Crippen LogP contribution in [0.25, 0.3) is 0 Å². The Morgan fingerprint density at radius 2 is 2.11 bits per heavy atom. The van der Waals surface area contributed by atoms with Crippen LogP contribution in [0.4, 0.5) is 0 Å². The van der Waals surface area contributed by atoms with Gasteiger partial charge in [-0.1, -0.05) is 31.2 Å². The first-order valence-electron chi connectivity index (χ1n) is 3.28. The summed E-state index contributed by atoms with van der Waals surface area (Å²) in [6.45, 7) is 3.90. The van der Waals surface area contributed by atoms with E-state index in [-0.39, 0.29) is 6.10 Å². The highest BCUT2D eigenvalue weighted by atomic mass is 16.3. The van der Waals surface area contributed by atoms with Crippen LogP contribution in [0.15, 0.2) is 24.3 Å². The molecular formula is C8H14O. The molecule has 52 valence electrons. The standard InChI is InChI=1S/C8H14O/c1-3-5-6-7-8(9)4-2/h3,5-9H,4H2,1-2H3. The lowest BCUT2D eigenvalue weighted by atomic mass is 10.2. The molecule has 0 heterocycles. The van der Waals surface area contributed by atoms with E-state index in [9.17, 15) is 0 Å². The molecule has 9 heavy (non-hydrogen) atoms. The van der Waals surface area contributed by atoms with Crippen LogP contribution in [-0.4, -0.2) is 11.2 Å². The first-order chi connectivity index (χ1) is 4.31. The van der Waals surface area contributed by atoms with Crippen molar-refractivity contribution in [2.24, 2.45) is 0 Å². The fourth-order valence-electron chi connectivity index (χ4n) is 0.440. The molecule has 1 atom stereocenters. The molecule has 0 bridgehead atoms. The molecule has 1 heteroatoms. The van der Waals surface area contributed by atoms with E-state index in [0.717, 1.165) is 6.42 Å². The summed E-state index contributed by atoms with van der Waals surface area (Å²) in [6, 6.07) is 0. The molecule has 0 saturated heterocycles. The van der Waals surface area contributed by atoms with E-state index in [4.69, 9.17) is 5.11 Å². The summed E-state index contributed by atoms with van der Waals surface area (Å²) in [7, 11) is 0. The zero-order valence-corrected chi connectivity index (χ0v) is 6.04. The summed E-state index contributed by atoms with van der Waals surface area (Å²) in [6.07, 6.45) is 7.97. The van der Waals surface area contributed by atoms with Gasteiger partial charge in [0.05, 0.1) is 6.10 Å². The van der Waals surface area contributed by atoms with Crippen LogP contribution in [0, 0.1) is 0 Å². The van der Waals surface area contributed by atoms with Gasteiger partial charge in [0.25, 0.3) is 0 Å². The van der Waals surface area contributed by atoms with Gasteiger partial charge in [-0.05, 0) is 13.3 Å². The van der Waals surface area contributed by atoms with Gasteiger partial charge in [0.1, 0.15) is 0 Å². The lowest BCUT2D eigenvalue weighted by Gasteiger charge is -1.95. The van der Waals surface area contributed by atoms with E-state index in [0.29, 0.717) is 0 Å². The van der Waals surface area contributed by atoms with Crippen LogP contribution in [0.1, 0.15) is 20.3 Å². The van der Waals surface area contributed by atoms with Gasteiger partial charge < -0.3 is 5.11 Å². The molecule has 0 fully saturated rings. The number of rotatable bonds is 3. The van der Waals surface area contributed by atoms with Crippen LogP contribution < -0.4 is 0 Å². The van der Waals surface area contributed by atoms with Crippen molar-refractivity contribution in [1.29, 1.82) is 0 Å². The van der Waals surface area contributed by atoms with Gasteiger partial charge in [-0.2, -0.15) is 0 Å². The Bertz CT molecular complexity index is 103. The number of allylic oxidation sites excluding steroid dienone is 3. The number of aliphatic hydroxyl groups excluding tert-OH is 1. The maximum Gasteiger partial charge on any atom is 0.0721 e. The Hall–Kier alpha value is -0.560. The summed E-state index contributed by atoms with van der Waals surface area (Å²) >= 11 is 0. The summed E-state index contributed by atoms with van der Waals surface area (Å²) in [4.78, 5) is 0. The third-order valence-corrected chi connectivity index (χ3v) is 1.06. The number of aliphatic hydroxyl groups is 1. The highest BCUT2D eigenvalue weighted by molar-refractivity contribution is 5.03. The molecule has 0 aromatic rings. The highest BCUT2D eigenvalue weighted by Gasteiger charge is 1.88. The van der Waals surface area contributed by atoms with E-state index in [1.807, 2.05) is 32.1 Å². The van der Waals surface area contributed by atoms with E-state index < -0.39 is 0 Å². The lowest BCUT2D eigenvalue weighted by Crippen LogP contribution is -1.97. The molecule has 0 aromatic carbocycles. The van der Waals surface area contributed by atoms with Crippen LogP contribution in [-0.2, 0) is 0 Å². The van der Waals surface area contributed by atoms with Crippen molar-refractivity contribution in [3.05, 3.63) is 24.3 Å². The molecule has 0 amide bonds. The third-order valence-electron chi connectivity index (χ3n) is 1.06. The van der Waals surface area contributed by atoms with Crippen LogP contribution in [0.2, 0.25) is 0 Å². The Morgan fingerprint density at radius 3 is 2.56 bits per heavy atom. The largest absolute Gasteiger partial charge is 0.389 e. The van der Waals surface area contributed by atoms with Gasteiger partial charge in [0.2, 0.25) is 0 Å². The minimum Gasteiger partial charge on any atom is -0.389 e. The first kappa shape index (κ1) is 8.44. The average Bonchev–Trinajstić information content (AvgIpc) is 1.89. The second-order valence-corrected chi connectivity index (χ2v) is 1.89. The molecule has 0 aliphatic heterocycles. The maximum atomic E-state index is 8.96. The fourth-order valence-corrected chi connectivity index (χ4v) is 0.440. The van der Waals surface area contributed by atoms with Gasteiger partial charge in [-0.15, -0.1) is 0 Å². The van der Waals surface area contributed by atoms with E-state index >= 15 is 0 Å². The maximum absolute atomic E-state index is 8.96. The molecule has 0 spiro atoms. The fraction of sp³-hybridized carbons (Fsp3) is 0.500. The Balaban J connectivity index is 3.43. The summed E-state index contributed by atoms with van der Waals surface area (Å²) in [5, 5.41) is 8.96. The molecule has 1 N–H and O–H groups in total. The molecular weight excluding hydrogens is 112 g/mol. The second-order valence-electron chi connectivity index (χ2n) is 1.89. The average molecular weight is 126 g/mol. The third kappa shape index (κ3) is 5.31. The Labute approximate surface area is 56.7 Å². The van der Waals surface area contributed by atoms with Crippen LogP contribution in [0.3, 0.4) is 0 Å². The monoisotopic (exact) mass is 126 g/mol. The molecule has 1 unspecified atom stereocenters. The SMILES string of the molecule is CC=CC=CC(O)CC. The smallest absolute Gasteiger partial charge is 0.0721 e. The predicted octanol–water partition coefficient (Wildman–Crippen LogP) is 1.89. The van der Waals surface area contributed by atoms with Gasteiger partial charge in [0, 0.05) is 0 Å².